The number of hydrogen-bond acceptors (Lipinski definition) is 3. The average Bonchev–Trinajstić information content (AvgIpc) is 2.87. The SMILES string of the molecule is CCc1ccc(CNC(=O)c2cc(I)ccc2O)s1. The van der Waals surface area contributed by atoms with Crippen molar-refractivity contribution in [1.29, 1.82) is 0 Å². The van der Waals surface area contributed by atoms with Gasteiger partial charge in [0, 0.05) is 13.3 Å². The summed E-state index contributed by atoms with van der Waals surface area (Å²) < 4.78 is 0.921. The monoisotopic (exact) mass is 387 g/mol. The lowest BCUT2D eigenvalue weighted by atomic mass is 10.2. The van der Waals surface area contributed by atoms with E-state index in [0.717, 1.165) is 14.9 Å². The molecule has 5 heteroatoms. The van der Waals surface area contributed by atoms with Crippen LogP contribution >= 0.6 is 33.9 Å². The van der Waals surface area contributed by atoms with Gasteiger partial charge in [0.25, 0.3) is 5.91 Å². The van der Waals surface area contributed by atoms with Crippen molar-refractivity contribution in [2.45, 2.75) is 19.9 Å². The third-order valence-corrected chi connectivity index (χ3v) is 4.59. The van der Waals surface area contributed by atoms with Crippen molar-refractivity contribution in [1.82, 2.24) is 5.32 Å². The van der Waals surface area contributed by atoms with Crippen molar-refractivity contribution in [3.63, 3.8) is 0 Å². The van der Waals surface area contributed by atoms with E-state index in [1.807, 2.05) is 6.07 Å². The first-order valence-corrected chi connectivity index (χ1v) is 7.84. The summed E-state index contributed by atoms with van der Waals surface area (Å²) in [6.45, 7) is 2.60. The third-order valence-electron chi connectivity index (χ3n) is 2.69. The fraction of sp³-hybridized carbons (Fsp3) is 0.214. The molecule has 2 rings (SSSR count). The molecule has 0 aliphatic carbocycles. The summed E-state index contributed by atoms with van der Waals surface area (Å²) in [4.78, 5) is 14.4. The minimum atomic E-state index is -0.248. The Bertz CT molecular complexity index is 595. The fourth-order valence-electron chi connectivity index (χ4n) is 1.66. The Kier molecular flexibility index (Phi) is 4.81. The van der Waals surface area contributed by atoms with Gasteiger partial charge in [-0.3, -0.25) is 4.79 Å². The molecule has 0 saturated heterocycles. The molecule has 0 unspecified atom stereocenters. The van der Waals surface area contributed by atoms with E-state index in [-0.39, 0.29) is 11.7 Å². The number of aromatic hydroxyl groups is 1. The Morgan fingerprint density at radius 1 is 1.32 bits per heavy atom. The van der Waals surface area contributed by atoms with Crippen LogP contribution < -0.4 is 5.32 Å². The Morgan fingerprint density at radius 3 is 2.74 bits per heavy atom. The highest BCUT2D eigenvalue weighted by Crippen LogP contribution is 2.20. The van der Waals surface area contributed by atoms with Gasteiger partial charge in [0.2, 0.25) is 0 Å². The van der Waals surface area contributed by atoms with Crippen molar-refractivity contribution in [3.05, 3.63) is 49.2 Å². The molecule has 0 aliphatic heterocycles. The first-order valence-electron chi connectivity index (χ1n) is 5.94. The highest BCUT2D eigenvalue weighted by atomic mass is 127. The predicted molar refractivity (Wildman–Crippen MR) is 85.7 cm³/mol. The highest BCUT2D eigenvalue weighted by molar-refractivity contribution is 14.1. The van der Waals surface area contributed by atoms with E-state index in [0.29, 0.717) is 12.1 Å². The molecule has 2 N–H and O–H groups in total. The number of benzene rings is 1. The normalized spacial score (nSPS) is 10.4. The molecular weight excluding hydrogens is 373 g/mol. The lowest BCUT2D eigenvalue weighted by Gasteiger charge is -2.06. The van der Waals surface area contributed by atoms with Gasteiger partial charge in [0.05, 0.1) is 12.1 Å². The summed E-state index contributed by atoms with van der Waals surface area (Å²) in [7, 11) is 0. The van der Waals surface area contributed by atoms with Crippen molar-refractivity contribution in [2.75, 3.05) is 0 Å². The molecule has 0 atom stereocenters. The first-order chi connectivity index (χ1) is 9.10. The topological polar surface area (TPSA) is 49.3 Å². The largest absolute Gasteiger partial charge is 0.507 e. The van der Waals surface area contributed by atoms with Crippen LogP contribution in [-0.4, -0.2) is 11.0 Å². The molecule has 0 saturated carbocycles. The molecule has 0 bridgehead atoms. The van der Waals surface area contributed by atoms with Crippen molar-refractivity contribution in [2.24, 2.45) is 0 Å². The van der Waals surface area contributed by atoms with E-state index < -0.39 is 0 Å². The van der Waals surface area contributed by atoms with Crippen LogP contribution in [0.2, 0.25) is 0 Å². The fourth-order valence-corrected chi connectivity index (χ4v) is 3.05. The van der Waals surface area contributed by atoms with Gasteiger partial charge < -0.3 is 10.4 Å². The van der Waals surface area contributed by atoms with Gasteiger partial charge in [-0.05, 0) is 59.3 Å². The maximum atomic E-state index is 12.0. The zero-order chi connectivity index (χ0) is 13.8. The molecule has 19 heavy (non-hydrogen) atoms. The number of aryl methyl sites for hydroxylation is 1. The van der Waals surface area contributed by atoms with Crippen LogP contribution in [0.25, 0.3) is 0 Å². The number of nitrogens with one attached hydrogen (secondary N) is 1. The van der Waals surface area contributed by atoms with Crippen LogP contribution in [0.4, 0.5) is 0 Å². The number of carbonyl (C=O) groups is 1. The molecule has 1 heterocycles. The second-order valence-electron chi connectivity index (χ2n) is 4.07. The Labute approximate surface area is 129 Å². The molecule has 1 amide bonds. The minimum Gasteiger partial charge on any atom is -0.507 e. The van der Waals surface area contributed by atoms with E-state index in [9.17, 15) is 9.90 Å². The van der Waals surface area contributed by atoms with Crippen LogP contribution in [0.5, 0.6) is 5.75 Å². The zero-order valence-corrected chi connectivity index (χ0v) is 13.4. The van der Waals surface area contributed by atoms with E-state index >= 15 is 0 Å². The van der Waals surface area contributed by atoms with Gasteiger partial charge in [-0.1, -0.05) is 6.92 Å². The summed E-state index contributed by atoms with van der Waals surface area (Å²) in [6.07, 6.45) is 1.01. The number of amides is 1. The smallest absolute Gasteiger partial charge is 0.255 e. The number of thiophene rings is 1. The summed E-state index contributed by atoms with van der Waals surface area (Å²) in [6, 6.07) is 9.08. The van der Waals surface area contributed by atoms with E-state index in [2.05, 4.69) is 40.9 Å². The number of phenols is 1. The molecule has 3 nitrogen and oxygen atoms in total. The molecule has 0 fully saturated rings. The lowest BCUT2D eigenvalue weighted by Crippen LogP contribution is -2.22. The maximum Gasteiger partial charge on any atom is 0.255 e. The zero-order valence-electron chi connectivity index (χ0n) is 10.4. The number of carbonyl (C=O) groups excluding carboxylic acids is 1. The molecule has 0 aliphatic rings. The summed E-state index contributed by atoms with van der Waals surface area (Å²) in [5.41, 5.74) is 0.319. The van der Waals surface area contributed by atoms with Crippen LogP contribution in [0.15, 0.2) is 30.3 Å². The maximum absolute atomic E-state index is 12.0. The van der Waals surface area contributed by atoms with Crippen molar-refractivity contribution >= 4 is 39.8 Å². The number of hydrogen-bond donors (Lipinski definition) is 2. The number of halogens is 1. The number of phenolic OH excluding ortho intramolecular Hbond substituents is 1. The molecule has 2 aromatic rings. The highest BCUT2D eigenvalue weighted by Gasteiger charge is 2.11. The van der Waals surface area contributed by atoms with E-state index in [1.165, 1.54) is 10.9 Å². The summed E-state index contributed by atoms with van der Waals surface area (Å²) in [5.74, 6) is -0.235. The standard InChI is InChI=1S/C14H14INO2S/c1-2-10-4-5-11(19-10)8-16-14(18)12-7-9(15)3-6-13(12)17/h3-7,17H,2,8H2,1H3,(H,16,18). The van der Waals surface area contributed by atoms with Gasteiger partial charge in [-0.25, -0.2) is 0 Å². The van der Waals surface area contributed by atoms with Crippen molar-refractivity contribution in [3.8, 4) is 5.75 Å². The third kappa shape index (κ3) is 3.70. The number of rotatable bonds is 4. The van der Waals surface area contributed by atoms with Crippen LogP contribution in [0.1, 0.15) is 27.0 Å². The molecule has 100 valence electrons. The van der Waals surface area contributed by atoms with E-state index in [4.69, 9.17) is 0 Å². The van der Waals surface area contributed by atoms with Crippen LogP contribution in [0, 0.1) is 3.57 Å². The molecular formula is C14H14INO2S. The summed E-state index contributed by atoms with van der Waals surface area (Å²) in [5, 5.41) is 12.5. The van der Waals surface area contributed by atoms with Gasteiger partial charge in [-0.2, -0.15) is 0 Å². The lowest BCUT2D eigenvalue weighted by molar-refractivity contribution is 0.0948. The predicted octanol–water partition coefficient (Wildman–Crippen LogP) is 3.55. The molecule has 0 spiro atoms. The Hall–Kier alpha value is -1.08. The quantitative estimate of drug-likeness (QED) is 0.789. The van der Waals surface area contributed by atoms with Gasteiger partial charge >= 0.3 is 0 Å². The van der Waals surface area contributed by atoms with Gasteiger partial charge in [0.15, 0.2) is 0 Å². The molecule has 1 aromatic carbocycles. The minimum absolute atomic E-state index is 0.0124. The first kappa shape index (κ1) is 14.3. The summed E-state index contributed by atoms with van der Waals surface area (Å²) >= 11 is 3.81. The second-order valence-corrected chi connectivity index (χ2v) is 6.56. The Balaban J connectivity index is 2.03. The van der Waals surface area contributed by atoms with Gasteiger partial charge in [0.1, 0.15) is 5.75 Å². The average molecular weight is 387 g/mol. The Morgan fingerprint density at radius 2 is 2.05 bits per heavy atom. The van der Waals surface area contributed by atoms with E-state index in [1.54, 1.807) is 23.5 Å². The van der Waals surface area contributed by atoms with Crippen molar-refractivity contribution < 1.29 is 9.90 Å². The molecule has 0 radical (unpaired) electrons. The van der Waals surface area contributed by atoms with Gasteiger partial charge in [-0.15, -0.1) is 11.3 Å². The van der Waals surface area contributed by atoms with Crippen LogP contribution in [0.3, 0.4) is 0 Å². The van der Waals surface area contributed by atoms with Crippen LogP contribution in [-0.2, 0) is 13.0 Å². The molecule has 1 aromatic heterocycles. The second kappa shape index (κ2) is 6.38.